The average Bonchev–Trinajstić information content (AvgIpc) is 2.91. The van der Waals surface area contributed by atoms with E-state index in [9.17, 15) is 9.59 Å². The third-order valence-electron chi connectivity index (χ3n) is 3.50. The first kappa shape index (κ1) is 15.4. The molecule has 0 aliphatic carbocycles. The highest BCUT2D eigenvalue weighted by molar-refractivity contribution is 5.91. The van der Waals surface area contributed by atoms with E-state index in [0.29, 0.717) is 25.5 Å². The van der Waals surface area contributed by atoms with E-state index in [0.717, 1.165) is 18.6 Å². The molecule has 0 saturated carbocycles. The number of amides is 1. The van der Waals surface area contributed by atoms with Crippen LogP contribution in [0.4, 0.5) is 0 Å². The Morgan fingerprint density at radius 3 is 2.95 bits per heavy atom. The fraction of sp³-hybridized carbons (Fsp3) is 0.500. The van der Waals surface area contributed by atoms with Crippen LogP contribution in [0.5, 0.6) is 0 Å². The lowest BCUT2D eigenvalue weighted by atomic mass is 9.98. The molecule has 21 heavy (non-hydrogen) atoms. The number of hydrogen-bond acceptors (Lipinski definition) is 4. The van der Waals surface area contributed by atoms with E-state index in [4.69, 9.17) is 9.15 Å². The highest BCUT2D eigenvalue weighted by atomic mass is 16.5. The van der Waals surface area contributed by atoms with Crippen LogP contribution in [-0.4, -0.2) is 36.5 Å². The summed E-state index contributed by atoms with van der Waals surface area (Å²) in [4.78, 5) is 25.6. The summed E-state index contributed by atoms with van der Waals surface area (Å²) in [5.41, 5.74) is 0. The molecular formula is C16H21NO4. The Kier molecular flexibility index (Phi) is 5.20. The summed E-state index contributed by atoms with van der Waals surface area (Å²) < 4.78 is 10.4. The lowest BCUT2D eigenvalue weighted by Gasteiger charge is -2.30. The van der Waals surface area contributed by atoms with Crippen molar-refractivity contribution in [2.24, 2.45) is 5.92 Å². The molecule has 2 heterocycles. The molecule has 1 aromatic rings. The first-order valence-corrected chi connectivity index (χ1v) is 7.30. The molecule has 0 N–H and O–H groups in total. The summed E-state index contributed by atoms with van der Waals surface area (Å²) in [6.07, 6.45) is 4.75. The van der Waals surface area contributed by atoms with Gasteiger partial charge in [-0.15, -0.1) is 0 Å². The van der Waals surface area contributed by atoms with Gasteiger partial charge < -0.3 is 14.1 Å². The molecule has 0 aromatic carbocycles. The van der Waals surface area contributed by atoms with Crippen LogP contribution in [0.15, 0.2) is 22.6 Å². The van der Waals surface area contributed by atoms with E-state index in [1.807, 2.05) is 19.1 Å². The van der Waals surface area contributed by atoms with Crippen molar-refractivity contribution in [3.05, 3.63) is 29.7 Å². The van der Waals surface area contributed by atoms with Gasteiger partial charge in [0.1, 0.15) is 11.5 Å². The third kappa shape index (κ3) is 4.21. The van der Waals surface area contributed by atoms with E-state index >= 15 is 0 Å². The zero-order valence-corrected chi connectivity index (χ0v) is 12.5. The number of rotatable bonds is 4. The molecule has 1 aromatic heterocycles. The summed E-state index contributed by atoms with van der Waals surface area (Å²) in [6.45, 7) is 5.13. The van der Waals surface area contributed by atoms with Crippen molar-refractivity contribution >= 4 is 18.0 Å². The highest BCUT2D eigenvalue weighted by Gasteiger charge is 2.28. The topological polar surface area (TPSA) is 59.8 Å². The molecule has 0 bridgehead atoms. The van der Waals surface area contributed by atoms with Crippen LogP contribution in [0.3, 0.4) is 0 Å². The van der Waals surface area contributed by atoms with Crippen molar-refractivity contribution in [3.8, 4) is 0 Å². The molecule has 5 nitrogen and oxygen atoms in total. The van der Waals surface area contributed by atoms with Gasteiger partial charge >= 0.3 is 5.97 Å². The molecule has 1 aliphatic rings. The average molecular weight is 291 g/mol. The molecule has 1 amide bonds. The first-order chi connectivity index (χ1) is 10.1. The summed E-state index contributed by atoms with van der Waals surface area (Å²) in [6, 6.07) is 3.67. The number of piperidine rings is 1. The van der Waals surface area contributed by atoms with Crippen LogP contribution in [0.25, 0.3) is 6.08 Å². The van der Waals surface area contributed by atoms with Crippen molar-refractivity contribution in [3.63, 3.8) is 0 Å². The monoisotopic (exact) mass is 291 g/mol. The summed E-state index contributed by atoms with van der Waals surface area (Å²) >= 11 is 0. The summed E-state index contributed by atoms with van der Waals surface area (Å²) in [7, 11) is 0. The normalized spacial score (nSPS) is 19.0. The van der Waals surface area contributed by atoms with Crippen LogP contribution >= 0.6 is 0 Å². The molecule has 1 atom stereocenters. The van der Waals surface area contributed by atoms with E-state index in [2.05, 4.69) is 0 Å². The fourth-order valence-electron chi connectivity index (χ4n) is 2.43. The number of hydrogen-bond donors (Lipinski definition) is 0. The van der Waals surface area contributed by atoms with Crippen LogP contribution in [0.1, 0.15) is 31.3 Å². The van der Waals surface area contributed by atoms with Crippen LogP contribution < -0.4 is 0 Å². The molecule has 1 fully saturated rings. The van der Waals surface area contributed by atoms with Gasteiger partial charge in [-0.2, -0.15) is 0 Å². The highest BCUT2D eigenvalue weighted by Crippen LogP contribution is 2.18. The van der Waals surface area contributed by atoms with Crippen molar-refractivity contribution in [1.82, 2.24) is 4.90 Å². The van der Waals surface area contributed by atoms with Crippen molar-refractivity contribution in [2.75, 3.05) is 19.7 Å². The predicted octanol–water partition coefficient (Wildman–Crippen LogP) is 2.40. The van der Waals surface area contributed by atoms with E-state index in [-0.39, 0.29) is 17.8 Å². The molecule has 5 heteroatoms. The smallest absolute Gasteiger partial charge is 0.310 e. The maximum atomic E-state index is 12.1. The minimum absolute atomic E-state index is 0.0990. The Labute approximate surface area is 124 Å². The number of carbonyl (C=O) groups is 2. The largest absolute Gasteiger partial charge is 0.466 e. The van der Waals surface area contributed by atoms with Crippen LogP contribution in [0.2, 0.25) is 0 Å². The molecule has 114 valence electrons. The van der Waals surface area contributed by atoms with Crippen molar-refractivity contribution < 1.29 is 18.7 Å². The maximum absolute atomic E-state index is 12.1. The minimum Gasteiger partial charge on any atom is -0.466 e. The lowest BCUT2D eigenvalue weighted by molar-refractivity contribution is -0.150. The van der Waals surface area contributed by atoms with E-state index < -0.39 is 0 Å². The molecule has 2 rings (SSSR count). The second kappa shape index (κ2) is 7.11. The van der Waals surface area contributed by atoms with Gasteiger partial charge in [-0.25, -0.2) is 0 Å². The quantitative estimate of drug-likeness (QED) is 0.631. The predicted molar refractivity (Wildman–Crippen MR) is 78.4 cm³/mol. The zero-order valence-electron chi connectivity index (χ0n) is 12.5. The van der Waals surface area contributed by atoms with Crippen LogP contribution in [0, 0.1) is 12.8 Å². The molecule has 0 unspecified atom stereocenters. The number of aryl methyl sites for hydroxylation is 1. The molecular weight excluding hydrogens is 270 g/mol. The standard InChI is InChI=1S/C16H21NO4/c1-3-20-16(19)13-5-4-10-17(11-13)15(18)9-8-14-7-6-12(2)21-14/h6-9,13H,3-5,10-11H2,1-2H3/b9-8+/t13-/m1/s1. The number of likely N-dealkylation sites (tertiary alicyclic amines) is 1. The number of ether oxygens (including phenoxy) is 1. The second-order valence-corrected chi connectivity index (χ2v) is 5.16. The number of furan rings is 1. The molecule has 1 saturated heterocycles. The van der Waals surface area contributed by atoms with E-state index in [1.165, 1.54) is 6.08 Å². The number of nitrogens with zero attached hydrogens (tertiary/aromatic N) is 1. The van der Waals surface area contributed by atoms with Gasteiger partial charge in [0.15, 0.2) is 0 Å². The Hall–Kier alpha value is -2.04. The van der Waals surface area contributed by atoms with Gasteiger partial charge in [0.2, 0.25) is 5.91 Å². The van der Waals surface area contributed by atoms with Gasteiger partial charge in [-0.1, -0.05) is 0 Å². The molecule has 0 radical (unpaired) electrons. The Morgan fingerprint density at radius 2 is 2.29 bits per heavy atom. The number of carbonyl (C=O) groups excluding carboxylic acids is 2. The SMILES string of the molecule is CCOC(=O)[C@@H]1CCCN(C(=O)/C=C/c2ccc(C)o2)C1. The third-order valence-corrected chi connectivity index (χ3v) is 3.50. The maximum Gasteiger partial charge on any atom is 0.310 e. The molecule has 1 aliphatic heterocycles. The van der Waals surface area contributed by atoms with Gasteiger partial charge in [0, 0.05) is 19.2 Å². The Bertz CT molecular complexity index is 532. The summed E-state index contributed by atoms with van der Waals surface area (Å²) in [5.74, 6) is 0.947. The zero-order chi connectivity index (χ0) is 15.2. The fourth-order valence-corrected chi connectivity index (χ4v) is 2.43. The van der Waals surface area contributed by atoms with Gasteiger partial charge in [0.05, 0.1) is 12.5 Å². The lowest BCUT2D eigenvalue weighted by Crippen LogP contribution is -2.42. The van der Waals surface area contributed by atoms with E-state index in [1.54, 1.807) is 17.9 Å². The van der Waals surface area contributed by atoms with Gasteiger partial charge in [-0.3, -0.25) is 9.59 Å². The van der Waals surface area contributed by atoms with Gasteiger partial charge in [-0.05, 0) is 44.9 Å². The Morgan fingerprint density at radius 1 is 1.48 bits per heavy atom. The first-order valence-electron chi connectivity index (χ1n) is 7.30. The molecule has 0 spiro atoms. The Balaban J connectivity index is 1.92. The van der Waals surface area contributed by atoms with Crippen LogP contribution in [-0.2, 0) is 14.3 Å². The van der Waals surface area contributed by atoms with Crippen molar-refractivity contribution in [2.45, 2.75) is 26.7 Å². The van der Waals surface area contributed by atoms with Crippen molar-refractivity contribution in [1.29, 1.82) is 0 Å². The number of esters is 1. The summed E-state index contributed by atoms with van der Waals surface area (Å²) in [5, 5.41) is 0. The second-order valence-electron chi connectivity index (χ2n) is 5.16. The van der Waals surface area contributed by atoms with Gasteiger partial charge in [0.25, 0.3) is 0 Å². The minimum atomic E-state index is -0.208.